The van der Waals surface area contributed by atoms with Crippen molar-refractivity contribution in [3.63, 3.8) is 0 Å². The maximum atomic E-state index is 12.9. The van der Waals surface area contributed by atoms with E-state index in [1.54, 1.807) is 16.4 Å². The maximum absolute atomic E-state index is 12.9. The fourth-order valence-corrected chi connectivity index (χ4v) is 4.51. The molecule has 1 aromatic rings. The lowest BCUT2D eigenvalue weighted by molar-refractivity contribution is 0.421. The van der Waals surface area contributed by atoms with Crippen molar-refractivity contribution < 1.29 is 13.5 Å². The van der Waals surface area contributed by atoms with E-state index in [-0.39, 0.29) is 5.75 Å². The number of hydrogen-bond donors (Lipinski definition) is 1. The fraction of sp³-hybridized carbons (Fsp3) is 0.600. The second-order valence-electron chi connectivity index (χ2n) is 5.46. The molecule has 21 heavy (non-hydrogen) atoms. The van der Waals surface area contributed by atoms with Crippen LogP contribution in [0, 0.1) is 6.92 Å². The lowest BCUT2D eigenvalue weighted by Gasteiger charge is -2.30. The molecular weight excluding hydrogens is 288 g/mol. The van der Waals surface area contributed by atoms with Crippen LogP contribution in [0.3, 0.4) is 0 Å². The number of anilines is 1. The Kier molecular flexibility index (Phi) is 5.11. The number of rotatable bonds is 4. The van der Waals surface area contributed by atoms with Crippen LogP contribution in [-0.4, -0.2) is 37.5 Å². The summed E-state index contributed by atoms with van der Waals surface area (Å²) in [5.41, 5.74) is 1.40. The molecule has 1 aliphatic rings. The molecule has 1 aromatic carbocycles. The molecule has 2 rings (SSSR count). The molecule has 0 aliphatic carbocycles. The molecule has 0 unspecified atom stereocenters. The molecule has 1 heterocycles. The second-order valence-corrected chi connectivity index (χ2v) is 7.31. The minimum Gasteiger partial charge on any atom is -0.508 e. The third-order valence-electron chi connectivity index (χ3n) is 3.92. The smallest absolute Gasteiger partial charge is 0.304 e. The maximum Gasteiger partial charge on any atom is 0.304 e. The molecule has 0 saturated carbocycles. The minimum atomic E-state index is -3.53. The molecule has 0 bridgehead atoms. The van der Waals surface area contributed by atoms with Gasteiger partial charge in [0, 0.05) is 25.7 Å². The van der Waals surface area contributed by atoms with Gasteiger partial charge in [0.05, 0.1) is 5.69 Å². The van der Waals surface area contributed by atoms with Crippen molar-refractivity contribution in [3.8, 4) is 5.75 Å². The van der Waals surface area contributed by atoms with Gasteiger partial charge in [0.25, 0.3) is 0 Å². The summed E-state index contributed by atoms with van der Waals surface area (Å²) in [5.74, 6) is 0.0834. The van der Waals surface area contributed by atoms with Gasteiger partial charge in [-0.1, -0.05) is 18.9 Å². The first-order chi connectivity index (χ1) is 9.96. The Balaban J connectivity index is 2.36. The molecule has 6 heteroatoms. The zero-order valence-corrected chi connectivity index (χ0v) is 13.6. The van der Waals surface area contributed by atoms with Crippen molar-refractivity contribution in [1.29, 1.82) is 0 Å². The molecular formula is C15H24N2O3S. The van der Waals surface area contributed by atoms with Crippen LogP contribution in [0.4, 0.5) is 5.69 Å². The Hall–Kier alpha value is -1.27. The van der Waals surface area contributed by atoms with Crippen LogP contribution < -0.4 is 4.31 Å². The first-order valence-electron chi connectivity index (χ1n) is 7.54. The molecule has 0 radical (unpaired) electrons. The molecule has 0 amide bonds. The van der Waals surface area contributed by atoms with Gasteiger partial charge in [0.15, 0.2) is 0 Å². The van der Waals surface area contributed by atoms with Crippen molar-refractivity contribution in [2.45, 2.75) is 39.5 Å². The van der Waals surface area contributed by atoms with E-state index in [9.17, 15) is 13.5 Å². The lowest BCUT2D eigenvalue weighted by Crippen LogP contribution is -2.44. The van der Waals surface area contributed by atoms with E-state index in [2.05, 4.69) is 0 Å². The van der Waals surface area contributed by atoms with Gasteiger partial charge in [-0.25, -0.2) is 0 Å². The summed E-state index contributed by atoms with van der Waals surface area (Å²) in [6.45, 7) is 5.19. The van der Waals surface area contributed by atoms with E-state index < -0.39 is 10.2 Å². The molecule has 1 aliphatic heterocycles. The molecule has 1 N–H and O–H groups in total. The highest BCUT2D eigenvalue weighted by Crippen LogP contribution is 2.29. The molecule has 1 saturated heterocycles. The van der Waals surface area contributed by atoms with Crippen molar-refractivity contribution in [2.75, 3.05) is 23.9 Å². The number of aromatic hydroxyl groups is 1. The number of hydrogen-bond acceptors (Lipinski definition) is 3. The van der Waals surface area contributed by atoms with Gasteiger partial charge in [0.2, 0.25) is 0 Å². The van der Waals surface area contributed by atoms with E-state index in [0.29, 0.717) is 25.3 Å². The molecule has 0 atom stereocenters. The molecule has 0 aromatic heterocycles. The first kappa shape index (κ1) is 16.1. The Bertz CT molecular complexity index is 579. The Morgan fingerprint density at radius 1 is 1.19 bits per heavy atom. The summed E-state index contributed by atoms with van der Waals surface area (Å²) < 4.78 is 28.8. The van der Waals surface area contributed by atoms with Crippen LogP contribution in [-0.2, 0) is 10.2 Å². The summed E-state index contributed by atoms with van der Waals surface area (Å²) in [7, 11) is -3.53. The van der Waals surface area contributed by atoms with E-state index >= 15 is 0 Å². The van der Waals surface area contributed by atoms with Crippen molar-refractivity contribution >= 4 is 15.9 Å². The van der Waals surface area contributed by atoms with Gasteiger partial charge >= 0.3 is 10.2 Å². The number of phenolic OH excluding ortho intramolecular Hbond substituents is 1. The van der Waals surface area contributed by atoms with Crippen LogP contribution in [0.15, 0.2) is 18.2 Å². The highest BCUT2D eigenvalue weighted by Gasteiger charge is 2.30. The fourth-order valence-electron chi connectivity index (χ4n) is 2.74. The zero-order chi connectivity index (χ0) is 15.5. The van der Waals surface area contributed by atoms with E-state index in [0.717, 1.165) is 31.2 Å². The minimum absolute atomic E-state index is 0.0834. The predicted molar refractivity (Wildman–Crippen MR) is 84.8 cm³/mol. The van der Waals surface area contributed by atoms with Crippen molar-refractivity contribution in [3.05, 3.63) is 23.8 Å². The second kappa shape index (κ2) is 6.66. The number of aryl methyl sites for hydroxylation is 1. The van der Waals surface area contributed by atoms with E-state index in [4.69, 9.17) is 0 Å². The highest BCUT2D eigenvalue weighted by atomic mass is 32.2. The van der Waals surface area contributed by atoms with Crippen LogP contribution in [0.25, 0.3) is 0 Å². The molecule has 118 valence electrons. The quantitative estimate of drug-likeness (QED) is 0.930. The van der Waals surface area contributed by atoms with Crippen LogP contribution in [0.5, 0.6) is 5.75 Å². The van der Waals surface area contributed by atoms with E-state index in [1.165, 1.54) is 10.4 Å². The van der Waals surface area contributed by atoms with Crippen molar-refractivity contribution in [2.24, 2.45) is 0 Å². The van der Waals surface area contributed by atoms with Crippen LogP contribution in [0.1, 0.15) is 38.2 Å². The Labute approximate surface area is 127 Å². The molecule has 1 fully saturated rings. The monoisotopic (exact) mass is 312 g/mol. The zero-order valence-electron chi connectivity index (χ0n) is 12.7. The predicted octanol–water partition coefficient (Wildman–Crippen LogP) is 2.65. The van der Waals surface area contributed by atoms with Gasteiger partial charge in [-0.3, -0.25) is 4.31 Å². The average molecular weight is 312 g/mol. The molecule has 0 spiro atoms. The number of benzene rings is 1. The SMILES string of the molecule is CCN(c1cc(O)ccc1C)S(=O)(=O)N1CCCCCC1. The topological polar surface area (TPSA) is 60.9 Å². The number of nitrogens with zero attached hydrogens (tertiary/aromatic N) is 2. The molecule has 5 nitrogen and oxygen atoms in total. The van der Waals surface area contributed by atoms with Gasteiger partial charge in [-0.15, -0.1) is 0 Å². The summed E-state index contributed by atoms with van der Waals surface area (Å²) >= 11 is 0. The average Bonchev–Trinajstić information content (AvgIpc) is 2.72. The van der Waals surface area contributed by atoms with Gasteiger partial charge in [-0.2, -0.15) is 12.7 Å². The summed E-state index contributed by atoms with van der Waals surface area (Å²) in [4.78, 5) is 0. The summed E-state index contributed by atoms with van der Waals surface area (Å²) in [5, 5.41) is 9.67. The lowest BCUT2D eigenvalue weighted by atomic mass is 10.2. The van der Waals surface area contributed by atoms with Gasteiger partial charge in [-0.05, 0) is 38.3 Å². The Morgan fingerprint density at radius 3 is 2.38 bits per heavy atom. The number of phenols is 1. The summed E-state index contributed by atoms with van der Waals surface area (Å²) in [6.07, 6.45) is 4.00. The third-order valence-corrected chi connectivity index (χ3v) is 5.95. The summed E-state index contributed by atoms with van der Waals surface area (Å²) in [6, 6.07) is 4.84. The van der Waals surface area contributed by atoms with E-state index in [1.807, 2.05) is 13.8 Å². The Morgan fingerprint density at radius 2 is 1.81 bits per heavy atom. The standard InChI is InChI=1S/C15H24N2O3S/c1-3-17(15-12-14(18)9-8-13(15)2)21(19,20)16-10-6-4-5-7-11-16/h8-9,12,18H,3-7,10-11H2,1-2H3. The largest absolute Gasteiger partial charge is 0.508 e. The van der Waals surface area contributed by atoms with Gasteiger partial charge in [0.1, 0.15) is 5.75 Å². The first-order valence-corrected chi connectivity index (χ1v) is 8.94. The van der Waals surface area contributed by atoms with Crippen molar-refractivity contribution in [1.82, 2.24) is 4.31 Å². The van der Waals surface area contributed by atoms with Gasteiger partial charge < -0.3 is 5.11 Å². The highest BCUT2D eigenvalue weighted by molar-refractivity contribution is 7.90. The van der Waals surface area contributed by atoms with Crippen LogP contribution >= 0.6 is 0 Å². The van der Waals surface area contributed by atoms with Crippen LogP contribution in [0.2, 0.25) is 0 Å². The third kappa shape index (κ3) is 3.49. The normalized spacial score (nSPS) is 17.4.